The summed E-state index contributed by atoms with van der Waals surface area (Å²) in [6.07, 6.45) is 0. The Balaban J connectivity index is 1.70. The van der Waals surface area contributed by atoms with E-state index in [-0.39, 0.29) is 6.61 Å². The number of amides is 3. The maximum Gasteiger partial charge on any atom is 0.337 e. The average Bonchev–Trinajstić information content (AvgIpc) is 2.54. The maximum atomic E-state index is 11.6. The van der Waals surface area contributed by atoms with Gasteiger partial charge >= 0.3 is 6.03 Å². The van der Waals surface area contributed by atoms with Crippen LogP contribution in [0.15, 0.2) is 48.5 Å². The number of carbonyl (C=O) groups is 2. The Hall–Kier alpha value is -2.44. The van der Waals surface area contributed by atoms with Gasteiger partial charge in [-0.3, -0.25) is 10.2 Å². The van der Waals surface area contributed by atoms with Crippen LogP contribution in [0.1, 0.15) is 0 Å². The Kier molecular flexibility index (Phi) is 6.08. The van der Waals surface area contributed by atoms with Gasteiger partial charge in [0.15, 0.2) is 6.61 Å². The Morgan fingerprint density at radius 1 is 0.870 bits per heavy atom. The Morgan fingerprint density at radius 3 is 2.04 bits per heavy atom. The highest BCUT2D eigenvalue weighted by Crippen LogP contribution is 2.15. The fraction of sp³-hybridized carbons (Fsp3) is 0.0667. The molecule has 0 saturated heterocycles. The highest BCUT2D eigenvalue weighted by molar-refractivity contribution is 6.30. The van der Waals surface area contributed by atoms with Crippen molar-refractivity contribution in [1.82, 2.24) is 10.9 Å². The van der Waals surface area contributed by atoms with E-state index in [4.69, 9.17) is 27.9 Å². The Labute approximate surface area is 142 Å². The van der Waals surface area contributed by atoms with Crippen molar-refractivity contribution < 1.29 is 14.3 Å². The molecule has 0 saturated carbocycles. The topological polar surface area (TPSA) is 79.5 Å². The number of hydrogen-bond donors (Lipinski definition) is 3. The molecule has 0 fully saturated rings. The van der Waals surface area contributed by atoms with Gasteiger partial charge in [0.05, 0.1) is 0 Å². The molecule has 0 spiro atoms. The van der Waals surface area contributed by atoms with Gasteiger partial charge in [0, 0.05) is 15.7 Å². The molecule has 6 nitrogen and oxygen atoms in total. The van der Waals surface area contributed by atoms with E-state index in [0.29, 0.717) is 21.5 Å². The molecule has 2 aromatic carbocycles. The first kappa shape index (κ1) is 16.9. The molecule has 0 aromatic heterocycles. The molecule has 0 atom stereocenters. The number of hydrogen-bond acceptors (Lipinski definition) is 3. The first-order valence-electron chi connectivity index (χ1n) is 6.53. The summed E-state index contributed by atoms with van der Waals surface area (Å²) in [5.41, 5.74) is 4.97. The van der Waals surface area contributed by atoms with Crippen LogP contribution in [0.2, 0.25) is 10.0 Å². The summed E-state index contributed by atoms with van der Waals surface area (Å²) >= 11 is 11.5. The Morgan fingerprint density at radius 2 is 1.43 bits per heavy atom. The Bertz CT molecular complexity index is 675. The van der Waals surface area contributed by atoms with Gasteiger partial charge in [-0.05, 0) is 48.5 Å². The molecule has 3 amide bonds. The summed E-state index contributed by atoms with van der Waals surface area (Å²) in [5.74, 6) is -0.0126. The van der Waals surface area contributed by atoms with E-state index in [0.717, 1.165) is 0 Å². The largest absolute Gasteiger partial charge is 0.484 e. The minimum atomic E-state index is -0.591. The number of ether oxygens (including phenoxy) is 1. The average molecular weight is 354 g/mol. The van der Waals surface area contributed by atoms with E-state index in [1.54, 1.807) is 48.5 Å². The van der Waals surface area contributed by atoms with Crippen molar-refractivity contribution in [2.45, 2.75) is 0 Å². The number of benzene rings is 2. The smallest absolute Gasteiger partial charge is 0.337 e. The summed E-state index contributed by atoms with van der Waals surface area (Å²) in [4.78, 5) is 23.2. The molecule has 0 aliphatic heterocycles. The molecule has 0 radical (unpaired) electrons. The van der Waals surface area contributed by atoms with Crippen LogP contribution in [0, 0.1) is 0 Å². The fourth-order valence-corrected chi connectivity index (χ4v) is 1.79. The zero-order valence-corrected chi connectivity index (χ0v) is 13.3. The minimum absolute atomic E-state index is 0.247. The van der Waals surface area contributed by atoms with Gasteiger partial charge in [-0.2, -0.15) is 0 Å². The zero-order chi connectivity index (χ0) is 16.7. The van der Waals surface area contributed by atoms with E-state index in [2.05, 4.69) is 16.2 Å². The number of anilines is 1. The molecular formula is C15H13Cl2N3O3. The van der Waals surface area contributed by atoms with Gasteiger partial charge < -0.3 is 10.1 Å². The van der Waals surface area contributed by atoms with Crippen molar-refractivity contribution >= 4 is 40.8 Å². The number of halogens is 2. The van der Waals surface area contributed by atoms with Crippen molar-refractivity contribution in [3.05, 3.63) is 58.6 Å². The highest BCUT2D eigenvalue weighted by Gasteiger charge is 2.06. The molecule has 0 heterocycles. The van der Waals surface area contributed by atoms with Crippen molar-refractivity contribution in [1.29, 1.82) is 0 Å². The predicted octanol–water partition coefficient (Wildman–Crippen LogP) is 3.23. The van der Waals surface area contributed by atoms with Gasteiger partial charge in [-0.15, -0.1) is 0 Å². The number of hydrazine groups is 1. The zero-order valence-electron chi connectivity index (χ0n) is 11.8. The number of urea groups is 1. The van der Waals surface area contributed by atoms with Crippen LogP contribution < -0.4 is 20.9 Å². The summed E-state index contributed by atoms with van der Waals surface area (Å²) in [5, 5.41) is 3.66. The summed E-state index contributed by atoms with van der Waals surface area (Å²) in [6.45, 7) is -0.247. The van der Waals surface area contributed by atoms with Gasteiger partial charge in [0.2, 0.25) is 0 Å². The van der Waals surface area contributed by atoms with Crippen molar-refractivity contribution in [3.63, 3.8) is 0 Å². The third kappa shape index (κ3) is 6.06. The van der Waals surface area contributed by atoms with Crippen LogP contribution in [0.3, 0.4) is 0 Å². The number of nitrogens with one attached hydrogen (secondary N) is 3. The van der Waals surface area contributed by atoms with Gasteiger partial charge in [0.1, 0.15) is 5.75 Å². The lowest BCUT2D eigenvalue weighted by molar-refractivity contribution is -0.123. The lowest BCUT2D eigenvalue weighted by Crippen LogP contribution is -2.45. The van der Waals surface area contributed by atoms with Crippen LogP contribution >= 0.6 is 23.2 Å². The van der Waals surface area contributed by atoms with Crippen molar-refractivity contribution in [2.75, 3.05) is 11.9 Å². The molecule has 3 N–H and O–H groups in total. The second kappa shape index (κ2) is 8.26. The summed E-state index contributed by atoms with van der Waals surface area (Å²) in [6, 6.07) is 12.5. The van der Waals surface area contributed by atoms with Crippen LogP contribution in [-0.4, -0.2) is 18.5 Å². The number of rotatable bonds is 4. The molecule has 0 aliphatic carbocycles. The molecule has 120 valence electrons. The molecule has 0 unspecified atom stereocenters. The third-order valence-electron chi connectivity index (χ3n) is 2.60. The normalized spacial score (nSPS) is 9.83. The first-order chi connectivity index (χ1) is 11.0. The first-order valence-corrected chi connectivity index (χ1v) is 7.28. The molecule has 8 heteroatoms. The van der Waals surface area contributed by atoms with Crippen LogP contribution in [0.4, 0.5) is 10.5 Å². The lowest BCUT2D eigenvalue weighted by Gasteiger charge is -2.10. The van der Waals surface area contributed by atoms with Gasteiger partial charge in [0.25, 0.3) is 5.91 Å². The molecule has 2 aromatic rings. The SMILES string of the molecule is O=C(COc1ccc(Cl)cc1)NNC(=O)Nc1ccc(Cl)cc1. The van der Waals surface area contributed by atoms with Crippen LogP contribution in [0.5, 0.6) is 5.75 Å². The maximum absolute atomic E-state index is 11.6. The van der Waals surface area contributed by atoms with E-state index < -0.39 is 11.9 Å². The van der Waals surface area contributed by atoms with Gasteiger partial charge in [-0.25, -0.2) is 10.2 Å². The molecule has 2 rings (SSSR count). The second-order valence-electron chi connectivity index (χ2n) is 4.38. The summed E-state index contributed by atoms with van der Waals surface area (Å²) < 4.78 is 5.23. The lowest BCUT2D eigenvalue weighted by atomic mass is 10.3. The quantitative estimate of drug-likeness (QED) is 0.738. The standard InChI is InChI=1S/C15H13Cl2N3O3/c16-10-1-5-12(6-2-10)18-15(22)20-19-14(21)9-23-13-7-3-11(17)4-8-13/h1-8H,9H2,(H,19,21)(H2,18,20,22). The van der Waals surface area contributed by atoms with E-state index in [1.807, 2.05) is 0 Å². The van der Waals surface area contributed by atoms with Gasteiger partial charge in [-0.1, -0.05) is 23.2 Å². The molecular weight excluding hydrogens is 341 g/mol. The predicted molar refractivity (Wildman–Crippen MR) is 88.7 cm³/mol. The fourth-order valence-electron chi connectivity index (χ4n) is 1.54. The van der Waals surface area contributed by atoms with Crippen molar-refractivity contribution in [2.24, 2.45) is 0 Å². The third-order valence-corrected chi connectivity index (χ3v) is 3.11. The van der Waals surface area contributed by atoms with Crippen LogP contribution in [-0.2, 0) is 4.79 Å². The van der Waals surface area contributed by atoms with E-state index >= 15 is 0 Å². The van der Waals surface area contributed by atoms with Crippen LogP contribution in [0.25, 0.3) is 0 Å². The minimum Gasteiger partial charge on any atom is -0.484 e. The summed E-state index contributed by atoms with van der Waals surface area (Å²) in [7, 11) is 0. The van der Waals surface area contributed by atoms with E-state index in [1.165, 1.54) is 0 Å². The molecule has 23 heavy (non-hydrogen) atoms. The molecule has 0 bridgehead atoms. The second-order valence-corrected chi connectivity index (χ2v) is 5.25. The van der Waals surface area contributed by atoms with Crippen molar-refractivity contribution in [3.8, 4) is 5.75 Å². The highest BCUT2D eigenvalue weighted by atomic mass is 35.5. The molecule has 0 aliphatic rings. The number of carbonyl (C=O) groups excluding carboxylic acids is 2. The van der Waals surface area contributed by atoms with E-state index in [9.17, 15) is 9.59 Å². The monoisotopic (exact) mass is 353 g/mol.